The summed E-state index contributed by atoms with van der Waals surface area (Å²) >= 11 is 5.80. The van der Waals surface area contributed by atoms with Crippen LogP contribution in [0.3, 0.4) is 0 Å². The molecular weight excluding hydrogens is 386 g/mol. The van der Waals surface area contributed by atoms with Gasteiger partial charge in [0.25, 0.3) is 5.91 Å². The number of halogens is 3. The highest BCUT2D eigenvalue weighted by Gasteiger charge is 2.43. The van der Waals surface area contributed by atoms with E-state index >= 15 is 0 Å². The van der Waals surface area contributed by atoms with Crippen LogP contribution in [0.1, 0.15) is 30.7 Å². The van der Waals surface area contributed by atoms with E-state index < -0.39 is 11.9 Å². The maximum atomic E-state index is 13.4. The number of nitrogens with zero attached hydrogens (tertiary/aromatic N) is 2. The highest BCUT2D eigenvalue weighted by Crippen LogP contribution is 2.33. The molecule has 2 aliphatic rings. The lowest BCUT2D eigenvalue weighted by molar-refractivity contribution is -0.123. The predicted octanol–water partition coefficient (Wildman–Crippen LogP) is 4.13. The molecule has 2 aliphatic heterocycles. The zero-order valence-electron chi connectivity index (χ0n) is 15.1. The van der Waals surface area contributed by atoms with Crippen molar-refractivity contribution in [2.75, 3.05) is 18.0 Å². The smallest absolute Gasteiger partial charge is 0.251 e. The molecule has 4 rings (SSSR count). The van der Waals surface area contributed by atoms with E-state index in [1.807, 2.05) is 4.90 Å². The molecule has 0 aromatic heterocycles. The minimum atomic E-state index is -0.594. The van der Waals surface area contributed by atoms with Crippen LogP contribution in [-0.4, -0.2) is 35.8 Å². The molecule has 0 radical (unpaired) electrons. The Morgan fingerprint density at radius 1 is 0.964 bits per heavy atom. The first-order valence-electron chi connectivity index (χ1n) is 9.25. The van der Waals surface area contributed by atoms with E-state index in [2.05, 4.69) is 0 Å². The molecule has 0 aliphatic carbocycles. The zero-order chi connectivity index (χ0) is 19.8. The molecule has 2 saturated heterocycles. The third-order valence-corrected chi connectivity index (χ3v) is 5.89. The minimum Gasteiger partial charge on any atom is -0.291 e. The molecule has 0 N–H and O–H groups in total. The van der Waals surface area contributed by atoms with Gasteiger partial charge in [-0.05, 0) is 67.7 Å². The number of carbonyl (C=O) groups excluding carboxylic acids is 2. The van der Waals surface area contributed by atoms with Gasteiger partial charge in [0.15, 0.2) is 0 Å². The number of hydrogen-bond donors (Lipinski definition) is 0. The molecule has 2 heterocycles. The van der Waals surface area contributed by atoms with Crippen LogP contribution in [0, 0.1) is 11.6 Å². The Balaban J connectivity index is 1.44. The van der Waals surface area contributed by atoms with Crippen molar-refractivity contribution in [3.05, 3.63) is 64.7 Å². The Bertz CT molecular complexity index is 911. The van der Waals surface area contributed by atoms with Gasteiger partial charge in [0.2, 0.25) is 5.91 Å². The molecule has 1 unspecified atom stereocenters. The lowest BCUT2D eigenvalue weighted by Crippen LogP contribution is -2.45. The molecule has 2 amide bonds. The summed E-state index contributed by atoms with van der Waals surface area (Å²) < 4.78 is 26.5. The van der Waals surface area contributed by atoms with E-state index in [9.17, 15) is 18.4 Å². The number of hydrogen-bond acceptors (Lipinski definition) is 3. The van der Waals surface area contributed by atoms with Gasteiger partial charge in [-0.1, -0.05) is 23.7 Å². The molecule has 2 aromatic rings. The Morgan fingerprint density at radius 2 is 1.64 bits per heavy atom. The first-order valence-corrected chi connectivity index (χ1v) is 9.63. The molecule has 28 heavy (non-hydrogen) atoms. The molecule has 0 bridgehead atoms. The summed E-state index contributed by atoms with van der Waals surface area (Å²) in [6, 6.07) is 9.87. The van der Waals surface area contributed by atoms with Crippen molar-refractivity contribution in [2.24, 2.45) is 0 Å². The van der Waals surface area contributed by atoms with E-state index in [0.29, 0.717) is 24.7 Å². The summed E-state index contributed by atoms with van der Waals surface area (Å²) in [5.41, 5.74) is 1.39. The van der Waals surface area contributed by atoms with Gasteiger partial charge < -0.3 is 0 Å². The summed E-state index contributed by atoms with van der Waals surface area (Å²) in [6.45, 7) is 1.37. The normalized spacial score (nSPS) is 21.5. The third-order valence-electron chi connectivity index (χ3n) is 5.60. The van der Waals surface area contributed by atoms with Gasteiger partial charge in [-0.3, -0.25) is 14.5 Å². The van der Waals surface area contributed by atoms with Crippen molar-refractivity contribution in [1.82, 2.24) is 4.90 Å². The SMILES string of the molecule is O=C1CC(N2CCC(c3ccc(F)cc3)CC2)C(=O)N1c1ccc(F)c(Cl)c1. The Labute approximate surface area is 166 Å². The second-order valence-corrected chi connectivity index (χ2v) is 7.65. The number of amides is 2. The molecule has 2 aromatic carbocycles. The summed E-state index contributed by atoms with van der Waals surface area (Å²) in [5, 5.41) is -0.123. The number of likely N-dealkylation sites (tertiary alicyclic amines) is 1. The summed E-state index contributed by atoms with van der Waals surface area (Å²) in [5.74, 6) is -1.14. The topological polar surface area (TPSA) is 40.6 Å². The molecule has 0 spiro atoms. The van der Waals surface area contributed by atoms with Crippen molar-refractivity contribution >= 4 is 29.1 Å². The first kappa shape index (κ1) is 19.0. The number of piperidine rings is 1. The van der Waals surface area contributed by atoms with Crippen LogP contribution < -0.4 is 4.90 Å². The second-order valence-electron chi connectivity index (χ2n) is 7.25. The van der Waals surface area contributed by atoms with Gasteiger partial charge in [-0.15, -0.1) is 0 Å². The van der Waals surface area contributed by atoms with Crippen LogP contribution >= 0.6 is 11.6 Å². The van der Waals surface area contributed by atoms with Gasteiger partial charge in [-0.2, -0.15) is 0 Å². The Kier molecular flexibility index (Phi) is 5.17. The van der Waals surface area contributed by atoms with E-state index in [0.717, 1.165) is 29.4 Å². The summed E-state index contributed by atoms with van der Waals surface area (Å²) in [4.78, 5) is 28.5. The van der Waals surface area contributed by atoms with Crippen LogP contribution in [0.25, 0.3) is 0 Å². The summed E-state index contributed by atoms with van der Waals surface area (Å²) in [6.07, 6.45) is 1.78. The van der Waals surface area contributed by atoms with Crippen molar-refractivity contribution in [2.45, 2.75) is 31.2 Å². The highest BCUT2D eigenvalue weighted by atomic mass is 35.5. The third kappa shape index (κ3) is 3.54. The number of rotatable bonds is 3. The van der Waals surface area contributed by atoms with Crippen molar-refractivity contribution in [3.8, 4) is 0 Å². The average molecular weight is 405 g/mol. The minimum absolute atomic E-state index is 0.106. The zero-order valence-corrected chi connectivity index (χ0v) is 15.8. The van der Waals surface area contributed by atoms with Crippen LogP contribution in [0.4, 0.5) is 14.5 Å². The molecular formula is C21H19ClF2N2O2. The number of benzene rings is 2. The highest BCUT2D eigenvalue weighted by molar-refractivity contribution is 6.31. The second kappa shape index (κ2) is 7.60. The molecule has 1 atom stereocenters. The van der Waals surface area contributed by atoms with Gasteiger partial charge in [0.05, 0.1) is 23.2 Å². The van der Waals surface area contributed by atoms with Crippen LogP contribution in [0.5, 0.6) is 0 Å². The molecule has 0 saturated carbocycles. The van der Waals surface area contributed by atoms with Crippen molar-refractivity contribution < 1.29 is 18.4 Å². The van der Waals surface area contributed by atoms with Crippen LogP contribution in [0.2, 0.25) is 5.02 Å². The fourth-order valence-electron chi connectivity index (χ4n) is 4.08. The van der Waals surface area contributed by atoms with Gasteiger partial charge >= 0.3 is 0 Å². The van der Waals surface area contributed by atoms with E-state index in [-0.39, 0.29) is 29.1 Å². The standard InChI is InChI=1S/C21H19ClF2N2O2/c22-17-11-16(5-6-18(17)24)26-20(27)12-19(21(26)28)25-9-7-14(8-10-25)13-1-3-15(23)4-2-13/h1-6,11,14,19H,7-10,12H2. The lowest BCUT2D eigenvalue weighted by atomic mass is 9.89. The molecule has 2 fully saturated rings. The first-order chi connectivity index (χ1) is 13.4. The lowest BCUT2D eigenvalue weighted by Gasteiger charge is -2.35. The predicted molar refractivity (Wildman–Crippen MR) is 102 cm³/mol. The van der Waals surface area contributed by atoms with E-state index in [1.165, 1.54) is 24.3 Å². The Hall–Kier alpha value is -2.31. The quantitative estimate of drug-likeness (QED) is 0.722. The van der Waals surface area contributed by atoms with Gasteiger partial charge in [-0.25, -0.2) is 13.7 Å². The molecule has 4 nitrogen and oxygen atoms in total. The number of carbonyl (C=O) groups is 2. The maximum Gasteiger partial charge on any atom is 0.251 e. The fourth-order valence-corrected chi connectivity index (χ4v) is 4.25. The van der Waals surface area contributed by atoms with Crippen molar-refractivity contribution in [1.29, 1.82) is 0 Å². The van der Waals surface area contributed by atoms with Gasteiger partial charge in [0.1, 0.15) is 11.6 Å². The number of imide groups is 1. The van der Waals surface area contributed by atoms with E-state index in [1.54, 1.807) is 12.1 Å². The van der Waals surface area contributed by atoms with E-state index in [4.69, 9.17) is 11.6 Å². The average Bonchev–Trinajstić information content (AvgIpc) is 2.99. The van der Waals surface area contributed by atoms with Crippen LogP contribution in [-0.2, 0) is 9.59 Å². The monoisotopic (exact) mass is 404 g/mol. The van der Waals surface area contributed by atoms with Gasteiger partial charge in [0, 0.05) is 0 Å². The Morgan fingerprint density at radius 3 is 2.29 bits per heavy atom. The fraction of sp³-hybridized carbons (Fsp3) is 0.333. The largest absolute Gasteiger partial charge is 0.291 e. The summed E-state index contributed by atoms with van der Waals surface area (Å²) in [7, 11) is 0. The molecule has 146 valence electrons. The molecule has 7 heteroatoms. The number of anilines is 1. The maximum absolute atomic E-state index is 13.4. The van der Waals surface area contributed by atoms with Crippen molar-refractivity contribution in [3.63, 3.8) is 0 Å². The van der Waals surface area contributed by atoms with Crippen LogP contribution in [0.15, 0.2) is 42.5 Å².